The van der Waals surface area contributed by atoms with E-state index in [1.807, 2.05) is 18.2 Å². The number of aryl methyl sites for hydroxylation is 1. The molecule has 1 heterocycles. The number of carbonyl (C=O) groups excluding carboxylic acids is 1. The zero-order valence-corrected chi connectivity index (χ0v) is 11.6. The Morgan fingerprint density at radius 1 is 1.42 bits per heavy atom. The van der Waals surface area contributed by atoms with Gasteiger partial charge in [0.15, 0.2) is 0 Å². The number of carbonyl (C=O) groups is 1. The van der Waals surface area contributed by atoms with Gasteiger partial charge in [0.2, 0.25) is 0 Å². The van der Waals surface area contributed by atoms with E-state index >= 15 is 0 Å². The molecule has 1 amide bonds. The van der Waals surface area contributed by atoms with Crippen molar-refractivity contribution >= 4 is 11.6 Å². The molecule has 0 spiro atoms. The molecule has 2 aliphatic rings. The Kier molecular flexibility index (Phi) is 3.21. The summed E-state index contributed by atoms with van der Waals surface area (Å²) in [4.78, 5) is 12.2. The third-order valence-electron chi connectivity index (χ3n) is 4.64. The molecule has 1 aromatic carbocycles. The van der Waals surface area contributed by atoms with Crippen molar-refractivity contribution in [2.75, 3.05) is 18.4 Å². The number of nitrogens with one attached hydrogen (secondary N) is 2. The van der Waals surface area contributed by atoms with E-state index in [9.17, 15) is 4.79 Å². The second kappa shape index (κ2) is 4.87. The first kappa shape index (κ1) is 12.5. The molecule has 0 aromatic heterocycles. The van der Waals surface area contributed by atoms with Crippen molar-refractivity contribution < 1.29 is 4.79 Å². The van der Waals surface area contributed by atoms with Gasteiger partial charge in [-0.05, 0) is 61.3 Å². The number of benzene rings is 1. The minimum Gasteiger partial charge on any atom is -0.385 e. The average molecular weight is 258 g/mol. The molecule has 19 heavy (non-hydrogen) atoms. The first-order valence-electron chi connectivity index (χ1n) is 7.37. The highest BCUT2D eigenvalue weighted by molar-refractivity contribution is 5.95. The molecule has 0 saturated heterocycles. The molecule has 1 aliphatic heterocycles. The monoisotopic (exact) mass is 258 g/mol. The lowest BCUT2D eigenvalue weighted by molar-refractivity contribution is 0.0944. The van der Waals surface area contributed by atoms with Crippen LogP contribution in [0.5, 0.6) is 0 Å². The highest BCUT2D eigenvalue weighted by atomic mass is 16.1. The van der Waals surface area contributed by atoms with Crippen molar-refractivity contribution in [2.45, 2.75) is 39.0 Å². The lowest BCUT2D eigenvalue weighted by Crippen LogP contribution is -2.30. The van der Waals surface area contributed by atoms with Crippen molar-refractivity contribution in [3.8, 4) is 0 Å². The van der Waals surface area contributed by atoms with Crippen LogP contribution in [-0.2, 0) is 6.42 Å². The summed E-state index contributed by atoms with van der Waals surface area (Å²) in [6, 6.07) is 6.01. The fourth-order valence-corrected chi connectivity index (χ4v) is 2.82. The Morgan fingerprint density at radius 2 is 2.26 bits per heavy atom. The molecule has 1 saturated carbocycles. The fraction of sp³-hybridized carbons (Fsp3) is 0.562. The number of fused-ring (bicyclic) bond motifs is 1. The summed E-state index contributed by atoms with van der Waals surface area (Å²) < 4.78 is 0. The fourth-order valence-electron chi connectivity index (χ4n) is 2.82. The maximum absolute atomic E-state index is 12.2. The Labute approximate surface area is 114 Å². The molecule has 0 unspecified atom stereocenters. The first-order chi connectivity index (χ1) is 9.22. The predicted octanol–water partition coefficient (Wildman–Crippen LogP) is 2.96. The number of rotatable bonds is 4. The predicted molar refractivity (Wildman–Crippen MR) is 77.5 cm³/mol. The van der Waals surface area contributed by atoms with Crippen LogP contribution >= 0.6 is 0 Å². The molecule has 3 rings (SSSR count). The van der Waals surface area contributed by atoms with Gasteiger partial charge >= 0.3 is 0 Å². The molecule has 0 bridgehead atoms. The minimum atomic E-state index is 0.0769. The second-order valence-corrected chi connectivity index (χ2v) is 5.94. The van der Waals surface area contributed by atoms with Crippen LogP contribution in [0.1, 0.15) is 48.5 Å². The SMILES string of the molecule is CCC1(CNC(=O)c2ccc3c(c2)CCCN3)CC1. The van der Waals surface area contributed by atoms with Gasteiger partial charge in [-0.2, -0.15) is 0 Å². The number of hydrogen-bond donors (Lipinski definition) is 2. The zero-order valence-electron chi connectivity index (χ0n) is 11.6. The van der Waals surface area contributed by atoms with Crippen LogP contribution in [-0.4, -0.2) is 19.0 Å². The maximum atomic E-state index is 12.2. The van der Waals surface area contributed by atoms with Crippen LogP contribution in [0.4, 0.5) is 5.69 Å². The quantitative estimate of drug-likeness (QED) is 0.871. The highest BCUT2D eigenvalue weighted by Crippen LogP contribution is 2.47. The Bertz CT molecular complexity index is 492. The molecule has 1 aliphatic carbocycles. The van der Waals surface area contributed by atoms with Crippen LogP contribution < -0.4 is 10.6 Å². The lowest BCUT2D eigenvalue weighted by atomic mass is 10.00. The van der Waals surface area contributed by atoms with Gasteiger partial charge in [0.05, 0.1) is 0 Å². The first-order valence-corrected chi connectivity index (χ1v) is 7.37. The zero-order chi connectivity index (χ0) is 13.3. The van der Waals surface area contributed by atoms with Gasteiger partial charge in [-0.25, -0.2) is 0 Å². The number of anilines is 1. The van der Waals surface area contributed by atoms with Gasteiger partial charge in [0, 0.05) is 24.3 Å². The van der Waals surface area contributed by atoms with Crippen molar-refractivity contribution in [1.29, 1.82) is 0 Å². The van der Waals surface area contributed by atoms with E-state index in [1.165, 1.54) is 30.5 Å². The van der Waals surface area contributed by atoms with E-state index in [0.29, 0.717) is 5.41 Å². The minimum absolute atomic E-state index is 0.0769. The van der Waals surface area contributed by atoms with Crippen LogP contribution in [0.3, 0.4) is 0 Å². The molecule has 3 nitrogen and oxygen atoms in total. The van der Waals surface area contributed by atoms with E-state index in [0.717, 1.165) is 31.5 Å². The molecule has 3 heteroatoms. The smallest absolute Gasteiger partial charge is 0.251 e. The van der Waals surface area contributed by atoms with E-state index in [1.54, 1.807) is 0 Å². The van der Waals surface area contributed by atoms with Crippen molar-refractivity contribution in [3.05, 3.63) is 29.3 Å². The molecule has 102 valence electrons. The van der Waals surface area contributed by atoms with Gasteiger partial charge < -0.3 is 10.6 Å². The molecule has 0 atom stereocenters. The standard InChI is InChI=1S/C16H22N2O/c1-2-16(7-8-16)11-18-15(19)13-5-6-14-12(10-13)4-3-9-17-14/h5-6,10,17H,2-4,7-9,11H2,1H3,(H,18,19). The summed E-state index contributed by atoms with van der Waals surface area (Å²) in [7, 11) is 0. The van der Waals surface area contributed by atoms with Crippen molar-refractivity contribution in [3.63, 3.8) is 0 Å². The normalized spacial score (nSPS) is 19.2. The summed E-state index contributed by atoms with van der Waals surface area (Å²) in [6.07, 6.45) is 5.91. The lowest BCUT2D eigenvalue weighted by Gasteiger charge is -2.19. The van der Waals surface area contributed by atoms with Gasteiger partial charge in [-0.3, -0.25) is 4.79 Å². The molecular weight excluding hydrogens is 236 g/mol. The Hall–Kier alpha value is -1.51. The van der Waals surface area contributed by atoms with Crippen LogP contribution in [0.15, 0.2) is 18.2 Å². The summed E-state index contributed by atoms with van der Waals surface area (Å²) in [5.41, 5.74) is 3.67. The molecule has 1 aromatic rings. The summed E-state index contributed by atoms with van der Waals surface area (Å²) in [6.45, 7) is 4.08. The number of amides is 1. The van der Waals surface area contributed by atoms with E-state index < -0.39 is 0 Å². The highest BCUT2D eigenvalue weighted by Gasteiger charge is 2.40. The second-order valence-electron chi connectivity index (χ2n) is 5.94. The van der Waals surface area contributed by atoms with E-state index in [4.69, 9.17) is 0 Å². The van der Waals surface area contributed by atoms with E-state index in [2.05, 4.69) is 17.6 Å². The molecule has 2 N–H and O–H groups in total. The van der Waals surface area contributed by atoms with Crippen LogP contribution in [0.25, 0.3) is 0 Å². The largest absolute Gasteiger partial charge is 0.385 e. The Balaban J connectivity index is 1.66. The topological polar surface area (TPSA) is 41.1 Å². The molecule has 1 fully saturated rings. The molecule has 0 radical (unpaired) electrons. The van der Waals surface area contributed by atoms with Crippen LogP contribution in [0, 0.1) is 5.41 Å². The third-order valence-corrected chi connectivity index (χ3v) is 4.64. The average Bonchev–Trinajstić information content (AvgIpc) is 3.25. The third kappa shape index (κ3) is 2.60. The van der Waals surface area contributed by atoms with Gasteiger partial charge in [0.1, 0.15) is 0 Å². The summed E-state index contributed by atoms with van der Waals surface area (Å²) in [5, 5.41) is 6.47. The van der Waals surface area contributed by atoms with Gasteiger partial charge in [-0.15, -0.1) is 0 Å². The van der Waals surface area contributed by atoms with Crippen molar-refractivity contribution in [1.82, 2.24) is 5.32 Å². The van der Waals surface area contributed by atoms with Gasteiger partial charge in [0.25, 0.3) is 5.91 Å². The summed E-state index contributed by atoms with van der Waals surface area (Å²) >= 11 is 0. The van der Waals surface area contributed by atoms with Crippen molar-refractivity contribution in [2.24, 2.45) is 5.41 Å². The number of hydrogen-bond acceptors (Lipinski definition) is 2. The van der Waals surface area contributed by atoms with Gasteiger partial charge in [-0.1, -0.05) is 6.92 Å². The Morgan fingerprint density at radius 3 is 3.00 bits per heavy atom. The maximum Gasteiger partial charge on any atom is 0.251 e. The van der Waals surface area contributed by atoms with Crippen LogP contribution in [0.2, 0.25) is 0 Å². The molecular formula is C16H22N2O. The van der Waals surface area contributed by atoms with E-state index in [-0.39, 0.29) is 5.91 Å². The summed E-state index contributed by atoms with van der Waals surface area (Å²) in [5.74, 6) is 0.0769.